The Bertz CT molecular complexity index is 1700. The van der Waals surface area contributed by atoms with Crippen molar-refractivity contribution in [2.75, 3.05) is 50.3 Å². The van der Waals surface area contributed by atoms with E-state index >= 15 is 4.39 Å². The Balaban J connectivity index is 2.21. The summed E-state index contributed by atoms with van der Waals surface area (Å²) in [4.78, 5) is 40.8. The van der Waals surface area contributed by atoms with Crippen molar-refractivity contribution in [3.8, 4) is 5.75 Å². The third-order valence-electron chi connectivity index (χ3n) is 6.71. The first-order chi connectivity index (χ1) is 22.6. The van der Waals surface area contributed by atoms with Crippen molar-refractivity contribution >= 4 is 41.2 Å². The molecular formula is C31H32F5N7O5. The van der Waals surface area contributed by atoms with Gasteiger partial charge < -0.3 is 25.2 Å². The number of nitrogens with one attached hydrogen (secondary N) is 4. The van der Waals surface area contributed by atoms with Crippen LogP contribution >= 0.6 is 0 Å². The van der Waals surface area contributed by atoms with Gasteiger partial charge >= 0.3 is 12.2 Å². The highest BCUT2D eigenvalue weighted by atomic mass is 19.4. The van der Waals surface area contributed by atoms with Crippen molar-refractivity contribution in [2.24, 2.45) is 0 Å². The molecule has 0 aliphatic heterocycles. The molecule has 0 spiro atoms. The van der Waals surface area contributed by atoms with Crippen LogP contribution < -0.4 is 25.8 Å². The van der Waals surface area contributed by atoms with Gasteiger partial charge in [-0.3, -0.25) is 20.2 Å². The first-order valence-corrected chi connectivity index (χ1v) is 13.8. The molecule has 3 rings (SSSR count). The number of ether oxygens (including phenoxy) is 1. The van der Waals surface area contributed by atoms with Gasteiger partial charge in [0, 0.05) is 42.8 Å². The monoisotopic (exact) mass is 677 g/mol. The first kappa shape index (κ1) is 36.9. The fraction of sp³-hybridized carbons (Fsp3) is 0.226. The molecule has 48 heavy (non-hydrogen) atoms. The van der Waals surface area contributed by atoms with E-state index in [0.717, 1.165) is 30.1 Å². The van der Waals surface area contributed by atoms with E-state index in [-0.39, 0.29) is 35.8 Å². The number of hydrogen-bond acceptors (Lipinski definition) is 8. The van der Waals surface area contributed by atoms with Gasteiger partial charge in [-0.15, -0.1) is 0 Å². The summed E-state index contributed by atoms with van der Waals surface area (Å²) in [6.45, 7) is -0.959. The number of urea groups is 1. The van der Waals surface area contributed by atoms with Crippen LogP contribution in [0, 0.1) is 17.0 Å². The van der Waals surface area contributed by atoms with Crippen LogP contribution in [0.3, 0.4) is 0 Å². The average Bonchev–Trinajstić information content (AvgIpc) is 3.03. The molecule has 0 heterocycles. The minimum atomic E-state index is -4.94. The van der Waals surface area contributed by atoms with Crippen LogP contribution in [0.15, 0.2) is 71.9 Å². The molecule has 0 atom stereocenters. The van der Waals surface area contributed by atoms with E-state index in [1.165, 1.54) is 49.0 Å². The summed E-state index contributed by atoms with van der Waals surface area (Å²) in [5.41, 5.74) is -1.33. The van der Waals surface area contributed by atoms with Crippen LogP contribution in [0.2, 0.25) is 0 Å². The highest BCUT2D eigenvalue weighted by Gasteiger charge is 2.36. The largest absolute Gasteiger partial charge is 0.494 e. The highest BCUT2D eigenvalue weighted by Crippen LogP contribution is 2.34. The molecule has 0 fully saturated rings. The number of rotatable bonds is 12. The van der Waals surface area contributed by atoms with Gasteiger partial charge in [0.25, 0.3) is 5.91 Å². The number of nitrogens with zero attached hydrogens (tertiary/aromatic N) is 3. The lowest BCUT2D eigenvalue weighted by Crippen LogP contribution is -2.41. The Morgan fingerprint density at radius 3 is 2.10 bits per heavy atom. The molecular weight excluding hydrogens is 645 g/mol. The number of benzene rings is 3. The van der Waals surface area contributed by atoms with Gasteiger partial charge in [0.1, 0.15) is 17.2 Å². The van der Waals surface area contributed by atoms with Crippen molar-refractivity contribution in [1.82, 2.24) is 15.3 Å². The number of halogens is 5. The Hall–Kier alpha value is -5.55. The SMILES string of the molecule is COc1cccc(N(C=O)C(=O)/C(C(=N)N(C)Cc2c(F)cccc2C(F)(F)F)=C(\CN(C)C)Nc2ccc(NC(=O)NO)cc2)c1F. The summed E-state index contributed by atoms with van der Waals surface area (Å²) in [5.74, 6) is -4.59. The third kappa shape index (κ3) is 8.83. The summed E-state index contributed by atoms with van der Waals surface area (Å²) < 4.78 is 76.4. The van der Waals surface area contributed by atoms with Crippen molar-refractivity contribution in [2.45, 2.75) is 12.7 Å². The topological polar surface area (TPSA) is 150 Å². The molecule has 0 saturated heterocycles. The zero-order chi connectivity index (χ0) is 35.8. The number of amidine groups is 1. The second kappa shape index (κ2) is 15.8. The van der Waals surface area contributed by atoms with Crippen LogP contribution in [-0.2, 0) is 22.3 Å². The maximum absolute atomic E-state index is 15.3. The second-order valence-electron chi connectivity index (χ2n) is 10.4. The van der Waals surface area contributed by atoms with Gasteiger partial charge in [0.05, 0.1) is 18.4 Å². The lowest BCUT2D eigenvalue weighted by Gasteiger charge is -2.28. The Morgan fingerprint density at radius 2 is 1.56 bits per heavy atom. The summed E-state index contributed by atoms with van der Waals surface area (Å²) in [7, 11) is 5.52. The lowest BCUT2D eigenvalue weighted by atomic mass is 10.0. The maximum atomic E-state index is 15.3. The minimum absolute atomic E-state index is 0.00599. The Kier molecular flexibility index (Phi) is 12.2. The number of hydroxylamine groups is 1. The van der Waals surface area contributed by atoms with Crippen LogP contribution in [0.4, 0.5) is 43.8 Å². The van der Waals surface area contributed by atoms with E-state index in [2.05, 4.69) is 10.6 Å². The molecule has 17 heteroatoms. The molecule has 5 N–H and O–H groups in total. The van der Waals surface area contributed by atoms with Gasteiger partial charge in [-0.05, 0) is 62.6 Å². The molecule has 12 nitrogen and oxygen atoms in total. The first-order valence-electron chi connectivity index (χ1n) is 13.8. The number of hydrogen-bond donors (Lipinski definition) is 5. The Morgan fingerprint density at radius 1 is 0.958 bits per heavy atom. The number of carbonyl (C=O) groups excluding carboxylic acids is 3. The van der Waals surface area contributed by atoms with E-state index in [1.807, 2.05) is 0 Å². The number of imide groups is 1. The van der Waals surface area contributed by atoms with Crippen molar-refractivity contribution in [3.63, 3.8) is 0 Å². The molecule has 0 aliphatic carbocycles. The van der Waals surface area contributed by atoms with Crippen LogP contribution in [-0.4, -0.2) is 74.0 Å². The molecule has 3 aromatic rings. The molecule has 0 bridgehead atoms. The van der Waals surface area contributed by atoms with Crippen LogP contribution in [0.25, 0.3) is 0 Å². The maximum Gasteiger partial charge on any atom is 0.416 e. The normalized spacial score (nSPS) is 11.7. The number of anilines is 3. The second-order valence-corrected chi connectivity index (χ2v) is 10.4. The molecule has 4 amide bonds. The van der Waals surface area contributed by atoms with Gasteiger partial charge in [0.2, 0.25) is 6.41 Å². The predicted octanol–water partition coefficient (Wildman–Crippen LogP) is 5.03. The van der Waals surface area contributed by atoms with Crippen molar-refractivity contribution in [1.29, 1.82) is 5.41 Å². The average molecular weight is 678 g/mol. The van der Waals surface area contributed by atoms with E-state index in [4.69, 9.17) is 15.4 Å². The molecule has 256 valence electrons. The van der Waals surface area contributed by atoms with Crippen molar-refractivity contribution < 1.29 is 46.3 Å². The zero-order valence-electron chi connectivity index (χ0n) is 26.1. The van der Waals surface area contributed by atoms with E-state index in [9.17, 15) is 31.9 Å². The molecule has 0 unspecified atom stereocenters. The van der Waals surface area contributed by atoms with E-state index in [0.29, 0.717) is 11.0 Å². The smallest absolute Gasteiger partial charge is 0.416 e. The minimum Gasteiger partial charge on any atom is -0.494 e. The zero-order valence-corrected chi connectivity index (χ0v) is 26.1. The highest BCUT2D eigenvalue weighted by molar-refractivity contribution is 6.29. The van der Waals surface area contributed by atoms with Crippen LogP contribution in [0.1, 0.15) is 11.1 Å². The number of likely N-dealkylation sites (N-methyl/N-ethyl adjacent to an activating group) is 2. The van der Waals surface area contributed by atoms with E-state index in [1.54, 1.807) is 19.0 Å². The molecule has 0 aromatic heterocycles. The molecule has 0 aliphatic rings. The summed E-state index contributed by atoms with van der Waals surface area (Å²) in [5, 5.41) is 23.0. The van der Waals surface area contributed by atoms with Gasteiger partial charge in [0.15, 0.2) is 11.6 Å². The predicted molar refractivity (Wildman–Crippen MR) is 167 cm³/mol. The van der Waals surface area contributed by atoms with Gasteiger partial charge in [-0.25, -0.2) is 24.0 Å². The standard InChI is InChI=1S/C31H32F5N7O5/c1-41(2)16-23(38-18-11-13-19(14-12-18)39-30(46)40-47)26(29(45)43(17-44)24-9-6-10-25(48-4)27(24)33)28(37)42(3)15-20-21(31(34,35)36)7-5-8-22(20)32/h5-14,17,37-38,47H,15-16H2,1-4H3,(H2,39,40,46)/b26-23+,37-28?. The summed E-state index contributed by atoms with van der Waals surface area (Å²) in [6, 6.07) is 10.9. The number of alkyl halides is 3. The molecule has 0 saturated carbocycles. The summed E-state index contributed by atoms with van der Waals surface area (Å²) >= 11 is 0. The van der Waals surface area contributed by atoms with Gasteiger partial charge in [-0.2, -0.15) is 13.2 Å². The molecule has 3 aromatic carbocycles. The van der Waals surface area contributed by atoms with E-state index < -0.39 is 64.5 Å². The Labute approximate surface area is 271 Å². The quantitative estimate of drug-likeness (QED) is 0.0341. The molecule has 0 radical (unpaired) electrons. The summed E-state index contributed by atoms with van der Waals surface area (Å²) in [6.07, 6.45) is -4.93. The van der Waals surface area contributed by atoms with Gasteiger partial charge in [-0.1, -0.05) is 12.1 Å². The number of amides is 4. The van der Waals surface area contributed by atoms with Crippen molar-refractivity contribution in [3.05, 3.63) is 94.7 Å². The number of methoxy groups -OCH3 is 1. The third-order valence-corrected chi connectivity index (χ3v) is 6.71. The fourth-order valence-corrected chi connectivity index (χ4v) is 4.51. The van der Waals surface area contributed by atoms with Crippen LogP contribution in [0.5, 0.6) is 5.75 Å². The number of carbonyl (C=O) groups is 3. The lowest BCUT2D eigenvalue weighted by molar-refractivity contribution is -0.138. The fourth-order valence-electron chi connectivity index (χ4n) is 4.51.